The van der Waals surface area contributed by atoms with Crippen LogP contribution in [-0.4, -0.2) is 34.8 Å². The number of ketones is 1. The van der Waals surface area contributed by atoms with Gasteiger partial charge in [-0.15, -0.1) is 11.3 Å². The molecule has 0 bridgehead atoms. The number of hydrogen-bond donors (Lipinski definition) is 1. The predicted octanol–water partition coefficient (Wildman–Crippen LogP) is 4.13. The number of rotatable bonds is 5. The number of nitrogens with zero attached hydrogens (tertiary/aromatic N) is 1. The summed E-state index contributed by atoms with van der Waals surface area (Å²) in [5.74, 6) is 0.846. The van der Waals surface area contributed by atoms with Crippen molar-refractivity contribution in [1.29, 1.82) is 0 Å². The number of thiophene rings is 1. The molecule has 4 nitrogen and oxygen atoms in total. The summed E-state index contributed by atoms with van der Waals surface area (Å²) in [6, 6.07) is 11.1. The van der Waals surface area contributed by atoms with Gasteiger partial charge in [-0.25, -0.2) is 0 Å². The monoisotopic (exact) mass is 357 g/mol. The molecule has 1 aromatic carbocycles. The van der Waals surface area contributed by atoms with Crippen LogP contribution in [0.15, 0.2) is 36.4 Å². The highest BCUT2D eigenvalue weighted by Gasteiger charge is 2.24. The zero-order valence-electron chi connectivity index (χ0n) is 14.4. The normalized spacial score (nSPS) is 15.3. The third-order valence-corrected chi connectivity index (χ3v) is 5.83. The summed E-state index contributed by atoms with van der Waals surface area (Å²) < 4.78 is 0. The van der Waals surface area contributed by atoms with Crippen LogP contribution in [0.2, 0.25) is 0 Å². The average molecular weight is 357 g/mol. The minimum absolute atomic E-state index is 0.0606. The predicted molar refractivity (Wildman–Crippen MR) is 99.3 cm³/mol. The van der Waals surface area contributed by atoms with Crippen LogP contribution in [-0.2, 0) is 4.79 Å². The minimum Gasteiger partial charge on any atom is -0.508 e. The first-order chi connectivity index (χ1) is 12.0. The maximum absolute atomic E-state index is 12.4. The summed E-state index contributed by atoms with van der Waals surface area (Å²) in [6.45, 7) is 3.44. The molecule has 1 saturated heterocycles. The van der Waals surface area contributed by atoms with Gasteiger partial charge in [-0.2, -0.15) is 0 Å². The number of carbonyl (C=O) groups excluding carboxylic acids is 2. The van der Waals surface area contributed by atoms with Crippen molar-refractivity contribution < 1.29 is 14.7 Å². The number of hydrogen-bond acceptors (Lipinski definition) is 4. The first-order valence-electron chi connectivity index (χ1n) is 8.69. The molecule has 1 aliphatic heterocycles. The van der Waals surface area contributed by atoms with Gasteiger partial charge in [0.05, 0.1) is 4.88 Å². The first kappa shape index (κ1) is 17.7. The van der Waals surface area contributed by atoms with Crippen LogP contribution in [0.4, 0.5) is 0 Å². The van der Waals surface area contributed by atoms with E-state index in [0.717, 1.165) is 35.7 Å². The number of phenolic OH excluding ortho intramolecular Hbond substituents is 1. The molecule has 2 aromatic rings. The molecule has 132 valence electrons. The molecular formula is C20H23NO3S. The van der Waals surface area contributed by atoms with Crippen molar-refractivity contribution in [1.82, 2.24) is 4.90 Å². The molecule has 0 aliphatic carbocycles. The van der Waals surface area contributed by atoms with E-state index in [-0.39, 0.29) is 23.9 Å². The molecule has 3 rings (SSSR count). The Bertz CT molecular complexity index is 743. The number of likely N-dealkylation sites (tertiary alicyclic amines) is 1. The molecule has 1 aromatic heterocycles. The van der Waals surface area contributed by atoms with Gasteiger partial charge in [0.2, 0.25) is 5.91 Å². The molecule has 2 heterocycles. The SMILES string of the molecule is Cc1ccc(C(=O)CCC(=O)N2CCC(c3ccc(O)cc3)CC2)s1. The Labute approximate surface area is 152 Å². The molecule has 25 heavy (non-hydrogen) atoms. The zero-order valence-corrected chi connectivity index (χ0v) is 15.2. The van der Waals surface area contributed by atoms with E-state index in [9.17, 15) is 14.7 Å². The first-order valence-corrected chi connectivity index (χ1v) is 9.51. The summed E-state index contributed by atoms with van der Waals surface area (Å²) in [5, 5.41) is 9.38. The molecule has 1 fully saturated rings. The molecule has 0 atom stereocenters. The Morgan fingerprint density at radius 2 is 1.76 bits per heavy atom. The highest BCUT2D eigenvalue weighted by atomic mass is 32.1. The topological polar surface area (TPSA) is 57.6 Å². The number of Topliss-reactive ketones (excluding diaryl/α,β-unsaturated/α-hetero) is 1. The van der Waals surface area contributed by atoms with Crippen LogP contribution < -0.4 is 0 Å². The van der Waals surface area contributed by atoms with Gasteiger partial charge in [0.25, 0.3) is 0 Å². The van der Waals surface area contributed by atoms with Crippen molar-refractivity contribution in [3.8, 4) is 5.75 Å². The van der Waals surface area contributed by atoms with Gasteiger partial charge in [-0.1, -0.05) is 12.1 Å². The van der Waals surface area contributed by atoms with E-state index in [1.165, 1.54) is 16.9 Å². The second-order valence-electron chi connectivity index (χ2n) is 6.58. The van der Waals surface area contributed by atoms with E-state index in [2.05, 4.69) is 0 Å². The molecule has 0 saturated carbocycles. The summed E-state index contributed by atoms with van der Waals surface area (Å²) in [5.41, 5.74) is 1.22. The lowest BCUT2D eigenvalue weighted by Gasteiger charge is -2.32. The smallest absolute Gasteiger partial charge is 0.223 e. The molecule has 0 radical (unpaired) electrons. The zero-order chi connectivity index (χ0) is 17.8. The van der Waals surface area contributed by atoms with Crippen LogP contribution in [0.5, 0.6) is 5.75 Å². The van der Waals surface area contributed by atoms with Gasteiger partial charge < -0.3 is 10.0 Å². The van der Waals surface area contributed by atoms with Crippen molar-refractivity contribution in [3.05, 3.63) is 51.7 Å². The van der Waals surface area contributed by atoms with E-state index in [1.54, 1.807) is 12.1 Å². The third kappa shape index (κ3) is 4.48. The molecule has 1 aliphatic rings. The van der Waals surface area contributed by atoms with Crippen LogP contribution >= 0.6 is 11.3 Å². The van der Waals surface area contributed by atoms with Gasteiger partial charge in [0.15, 0.2) is 5.78 Å². The van der Waals surface area contributed by atoms with Gasteiger partial charge in [0.1, 0.15) is 5.75 Å². The quantitative estimate of drug-likeness (QED) is 0.819. The summed E-state index contributed by atoms with van der Waals surface area (Å²) in [4.78, 5) is 28.2. The average Bonchev–Trinajstić information content (AvgIpc) is 3.07. The maximum Gasteiger partial charge on any atom is 0.223 e. The fraction of sp³-hybridized carbons (Fsp3) is 0.400. The van der Waals surface area contributed by atoms with Crippen LogP contribution in [0.1, 0.15) is 51.7 Å². The van der Waals surface area contributed by atoms with Crippen molar-refractivity contribution in [3.63, 3.8) is 0 Å². The Hall–Kier alpha value is -2.14. The fourth-order valence-corrected chi connectivity index (χ4v) is 4.13. The largest absolute Gasteiger partial charge is 0.508 e. The standard InChI is InChI=1S/C20H23NO3S/c1-14-2-8-19(25-14)18(23)7-9-20(24)21-12-10-16(11-13-21)15-3-5-17(22)6-4-15/h2-6,8,16,22H,7,9-13H2,1H3. The maximum atomic E-state index is 12.4. The highest BCUT2D eigenvalue weighted by Crippen LogP contribution is 2.29. The number of benzene rings is 1. The Balaban J connectivity index is 1.46. The second-order valence-corrected chi connectivity index (χ2v) is 7.87. The second kappa shape index (κ2) is 7.83. The summed E-state index contributed by atoms with van der Waals surface area (Å²) >= 11 is 1.49. The molecule has 5 heteroatoms. The van der Waals surface area contributed by atoms with Gasteiger partial charge >= 0.3 is 0 Å². The van der Waals surface area contributed by atoms with E-state index >= 15 is 0 Å². The summed E-state index contributed by atoms with van der Waals surface area (Å²) in [6.07, 6.45) is 2.43. The van der Waals surface area contributed by atoms with Crippen LogP contribution in [0, 0.1) is 6.92 Å². The van der Waals surface area contributed by atoms with Gasteiger partial charge in [-0.3, -0.25) is 9.59 Å². The number of phenols is 1. The number of aryl methyl sites for hydroxylation is 1. The van der Waals surface area contributed by atoms with Crippen molar-refractivity contribution in [2.45, 2.75) is 38.5 Å². The Morgan fingerprint density at radius 3 is 2.36 bits per heavy atom. The number of piperidine rings is 1. The van der Waals surface area contributed by atoms with Crippen molar-refractivity contribution in [2.24, 2.45) is 0 Å². The van der Waals surface area contributed by atoms with Crippen molar-refractivity contribution in [2.75, 3.05) is 13.1 Å². The van der Waals surface area contributed by atoms with E-state index < -0.39 is 0 Å². The van der Waals surface area contributed by atoms with Gasteiger partial charge in [-0.05, 0) is 55.5 Å². The molecule has 1 N–H and O–H groups in total. The molecule has 0 spiro atoms. The number of carbonyl (C=O) groups is 2. The minimum atomic E-state index is 0.0606. The van der Waals surface area contributed by atoms with E-state index in [1.807, 2.05) is 36.1 Å². The summed E-state index contributed by atoms with van der Waals surface area (Å²) in [7, 11) is 0. The Morgan fingerprint density at radius 1 is 1.08 bits per heavy atom. The highest BCUT2D eigenvalue weighted by molar-refractivity contribution is 7.14. The van der Waals surface area contributed by atoms with E-state index in [4.69, 9.17) is 0 Å². The van der Waals surface area contributed by atoms with Crippen LogP contribution in [0.3, 0.4) is 0 Å². The molecule has 0 unspecified atom stereocenters. The fourth-order valence-electron chi connectivity index (χ4n) is 3.29. The lowest BCUT2D eigenvalue weighted by Crippen LogP contribution is -2.38. The number of amides is 1. The van der Waals surface area contributed by atoms with Crippen LogP contribution in [0.25, 0.3) is 0 Å². The Kier molecular flexibility index (Phi) is 5.53. The molecule has 1 amide bonds. The lowest BCUT2D eigenvalue weighted by atomic mass is 9.89. The number of aromatic hydroxyl groups is 1. The third-order valence-electron chi connectivity index (χ3n) is 4.79. The lowest BCUT2D eigenvalue weighted by molar-refractivity contribution is -0.132. The van der Waals surface area contributed by atoms with E-state index in [0.29, 0.717) is 12.3 Å². The molecular weight excluding hydrogens is 334 g/mol. The van der Waals surface area contributed by atoms with Crippen molar-refractivity contribution >= 4 is 23.0 Å². The van der Waals surface area contributed by atoms with Gasteiger partial charge in [0, 0.05) is 30.8 Å².